The van der Waals surface area contributed by atoms with Crippen LogP contribution in [0.25, 0.3) is 0 Å². The van der Waals surface area contributed by atoms with Crippen LogP contribution in [0.2, 0.25) is 25.7 Å². The molecule has 1 nitrogen and oxygen atoms in total. The summed E-state index contributed by atoms with van der Waals surface area (Å²) in [7, 11) is -1.08. The molecule has 1 unspecified atom stereocenters. The van der Waals surface area contributed by atoms with Crippen molar-refractivity contribution in [3.05, 3.63) is 17.9 Å². The van der Waals surface area contributed by atoms with Gasteiger partial charge in [0.1, 0.15) is 0 Å². The summed E-state index contributed by atoms with van der Waals surface area (Å²) in [6, 6.07) is 1.11. The molecule has 0 rings (SSSR count). The number of hydrogen-bond donors (Lipinski definition) is 1. The molecule has 0 amide bonds. The van der Waals surface area contributed by atoms with Gasteiger partial charge in [-0.25, -0.2) is 0 Å². The van der Waals surface area contributed by atoms with Crippen molar-refractivity contribution < 1.29 is 5.11 Å². The molecule has 2 heteroatoms. The van der Waals surface area contributed by atoms with Gasteiger partial charge in [0.25, 0.3) is 0 Å². The highest BCUT2D eigenvalue weighted by molar-refractivity contribution is 6.76. The van der Waals surface area contributed by atoms with E-state index >= 15 is 0 Å². The molecule has 82 valence electrons. The first kappa shape index (κ1) is 13.7. The van der Waals surface area contributed by atoms with Gasteiger partial charge in [-0.15, -0.1) is 5.73 Å². The second-order valence-electron chi connectivity index (χ2n) is 5.16. The molecule has 0 aliphatic carbocycles. The van der Waals surface area contributed by atoms with Crippen molar-refractivity contribution in [2.24, 2.45) is 0 Å². The maximum atomic E-state index is 9.67. The van der Waals surface area contributed by atoms with E-state index in [1.807, 2.05) is 0 Å². The number of aliphatic hydroxyl groups excluding tert-OH is 1. The molecule has 0 aromatic rings. The van der Waals surface area contributed by atoms with Crippen LogP contribution in [-0.4, -0.2) is 19.3 Å². The average Bonchev–Trinajstić information content (AvgIpc) is 2.01. The van der Waals surface area contributed by atoms with Crippen molar-refractivity contribution in [3.8, 4) is 0 Å². The Bertz CT molecular complexity index is 209. The molecular formula is C12H24OSi. The molecule has 0 radical (unpaired) electrons. The zero-order chi connectivity index (χ0) is 11.2. The molecule has 0 saturated heterocycles. The van der Waals surface area contributed by atoms with E-state index in [2.05, 4.69) is 38.9 Å². The van der Waals surface area contributed by atoms with Gasteiger partial charge in [0.05, 0.1) is 6.10 Å². The largest absolute Gasteiger partial charge is 0.393 e. The summed E-state index contributed by atoms with van der Waals surface area (Å²) in [5.41, 5.74) is 4.20. The van der Waals surface area contributed by atoms with Crippen molar-refractivity contribution in [1.82, 2.24) is 0 Å². The van der Waals surface area contributed by atoms with E-state index in [9.17, 15) is 5.11 Å². The van der Waals surface area contributed by atoms with Crippen LogP contribution in [0.15, 0.2) is 17.9 Å². The van der Waals surface area contributed by atoms with Crippen LogP contribution in [0.3, 0.4) is 0 Å². The minimum Gasteiger partial charge on any atom is -0.393 e. The highest BCUT2D eigenvalue weighted by Crippen LogP contribution is 2.20. The van der Waals surface area contributed by atoms with Gasteiger partial charge in [0, 0.05) is 14.5 Å². The lowest BCUT2D eigenvalue weighted by atomic mass is 10.1. The predicted octanol–water partition coefficient (Wildman–Crippen LogP) is 3.59. The van der Waals surface area contributed by atoms with Gasteiger partial charge in [-0.3, -0.25) is 0 Å². The molecule has 0 aromatic heterocycles. The van der Waals surface area contributed by atoms with Crippen LogP contribution >= 0.6 is 0 Å². The van der Waals surface area contributed by atoms with Gasteiger partial charge in [-0.1, -0.05) is 39.6 Å². The number of hydrogen-bond acceptors (Lipinski definition) is 1. The zero-order valence-corrected chi connectivity index (χ0v) is 11.1. The first-order chi connectivity index (χ1) is 6.39. The standard InChI is InChI=1S/C12H24OSi/c1-6-8-12(13)9-11(7-2)10-14(3,4)5/h12-13H,2,6,8-10H2,1,3-5H3. The van der Waals surface area contributed by atoms with Crippen molar-refractivity contribution in [2.75, 3.05) is 0 Å². The molecule has 1 N–H and O–H groups in total. The fourth-order valence-corrected chi connectivity index (χ4v) is 3.12. The van der Waals surface area contributed by atoms with Gasteiger partial charge in [-0.2, -0.15) is 0 Å². The summed E-state index contributed by atoms with van der Waals surface area (Å²) in [4.78, 5) is 0. The SMILES string of the molecule is C=C=C(CC(O)CCC)C[Si](C)(C)C. The number of rotatable bonds is 6. The quantitative estimate of drug-likeness (QED) is 0.527. The predicted molar refractivity (Wildman–Crippen MR) is 66.3 cm³/mol. The van der Waals surface area contributed by atoms with E-state index in [4.69, 9.17) is 0 Å². The third-order valence-corrected chi connectivity index (χ3v) is 3.59. The molecule has 0 aliphatic rings. The van der Waals surface area contributed by atoms with E-state index < -0.39 is 8.07 Å². The Morgan fingerprint density at radius 1 is 1.43 bits per heavy atom. The van der Waals surface area contributed by atoms with Crippen LogP contribution in [0.4, 0.5) is 0 Å². The van der Waals surface area contributed by atoms with Gasteiger partial charge in [-0.05, 0) is 18.0 Å². The van der Waals surface area contributed by atoms with E-state index in [1.54, 1.807) is 0 Å². The minimum atomic E-state index is -1.08. The van der Waals surface area contributed by atoms with Crippen molar-refractivity contribution in [3.63, 3.8) is 0 Å². The summed E-state index contributed by atoms with van der Waals surface area (Å²) < 4.78 is 0. The van der Waals surface area contributed by atoms with Crippen LogP contribution < -0.4 is 0 Å². The maximum absolute atomic E-state index is 9.67. The van der Waals surface area contributed by atoms with Gasteiger partial charge >= 0.3 is 0 Å². The van der Waals surface area contributed by atoms with Gasteiger partial charge in [0.15, 0.2) is 0 Å². The highest BCUT2D eigenvalue weighted by atomic mass is 28.3. The second-order valence-corrected chi connectivity index (χ2v) is 10.6. The summed E-state index contributed by atoms with van der Waals surface area (Å²) in [5.74, 6) is 0. The topological polar surface area (TPSA) is 20.2 Å². The molecule has 0 aliphatic heterocycles. The van der Waals surface area contributed by atoms with E-state index in [0.717, 1.165) is 25.3 Å². The third-order valence-electron chi connectivity index (χ3n) is 2.10. The maximum Gasteiger partial charge on any atom is 0.0583 e. The Labute approximate surface area is 89.5 Å². The molecule has 0 spiro atoms. The van der Waals surface area contributed by atoms with Crippen LogP contribution in [-0.2, 0) is 0 Å². The second kappa shape index (κ2) is 6.23. The fraction of sp³-hybridized carbons (Fsp3) is 0.750. The van der Waals surface area contributed by atoms with E-state index in [1.165, 1.54) is 5.57 Å². The molecule has 14 heavy (non-hydrogen) atoms. The lowest BCUT2D eigenvalue weighted by Gasteiger charge is -2.18. The van der Waals surface area contributed by atoms with Crippen LogP contribution in [0, 0.1) is 0 Å². The highest BCUT2D eigenvalue weighted by Gasteiger charge is 2.17. The van der Waals surface area contributed by atoms with E-state index in [0.29, 0.717) is 0 Å². The van der Waals surface area contributed by atoms with E-state index in [-0.39, 0.29) is 6.10 Å². The van der Waals surface area contributed by atoms with Gasteiger partial charge < -0.3 is 5.11 Å². The zero-order valence-electron chi connectivity index (χ0n) is 10.1. The lowest BCUT2D eigenvalue weighted by Crippen LogP contribution is -2.21. The normalized spacial score (nSPS) is 13.5. The molecule has 0 fully saturated rings. The Hall–Kier alpha value is -0.303. The number of aliphatic hydroxyl groups is 1. The van der Waals surface area contributed by atoms with Crippen LogP contribution in [0.1, 0.15) is 26.2 Å². The van der Waals surface area contributed by atoms with Crippen molar-refractivity contribution in [1.29, 1.82) is 0 Å². The lowest BCUT2D eigenvalue weighted by molar-refractivity contribution is 0.164. The molecule has 0 heterocycles. The Balaban J connectivity index is 4.12. The monoisotopic (exact) mass is 212 g/mol. The average molecular weight is 212 g/mol. The fourth-order valence-electron chi connectivity index (χ4n) is 1.57. The Morgan fingerprint density at radius 2 is 2.00 bits per heavy atom. The summed E-state index contributed by atoms with van der Waals surface area (Å²) in [5, 5.41) is 9.67. The third kappa shape index (κ3) is 7.13. The molecular weight excluding hydrogens is 188 g/mol. The van der Waals surface area contributed by atoms with Gasteiger partial charge in [0.2, 0.25) is 0 Å². The smallest absolute Gasteiger partial charge is 0.0583 e. The van der Waals surface area contributed by atoms with Crippen molar-refractivity contribution >= 4 is 8.07 Å². The molecule has 0 saturated carbocycles. The van der Waals surface area contributed by atoms with Crippen LogP contribution in [0.5, 0.6) is 0 Å². The molecule has 0 bridgehead atoms. The first-order valence-electron chi connectivity index (χ1n) is 5.45. The molecule has 0 aromatic carbocycles. The Kier molecular flexibility index (Phi) is 6.10. The first-order valence-corrected chi connectivity index (χ1v) is 9.15. The van der Waals surface area contributed by atoms with Crippen molar-refractivity contribution in [2.45, 2.75) is 58.0 Å². The Morgan fingerprint density at radius 3 is 2.36 bits per heavy atom. The minimum absolute atomic E-state index is 0.194. The summed E-state index contributed by atoms with van der Waals surface area (Å²) >= 11 is 0. The molecule has 1 atom stereocenters. The summed E-state index contributed by atoms with van der Waals surface area (Å²) in [6.45, 7) is 12.8. The summed E-state index contributed by atoms with van der Waals surface area (Å²) in [6.07, 6.45) is 2.50.